The molecule has 0 radical (unpaired) electrons. The fraction of sp³-hybridized carbons (Fsp3) is 0. The molecule has 0 fully saturated rings. The van der Waals surface area contributed by atoms with Gasteiger partial charge in [0.15, 0.2) is 0 Å². The van der Waals surface area contributed by atoms with Crippen LogP contribution in [-0.4, -0.2) is 0 Å². The molecule has 0 N–H and O–H groups in total. The lowest BCUT2D eigenvalue weighted by molar-refractivity contribution is 0.672. The van der Waals surface area contributed by atoms with E-state index in [0.717, 1.165) is 44.4 Å². The Kier molecular flexibility index (Phi) is 8.19. The minimum absolute atomic E-state index is 0.867. The van der Waals surface area contributed by atoms with E-state index in [1.807, 2.05) is 0 Å². The first-order valence-corrected chi connectivity index (χ1v) is 19.8. The Morgan fingerprint density at radius 2 is 0.776 bits per heavy atom. The summed E-state index contributed by atoms with van der Waals surface area (Å²) in [4.78, 5) is 2.37. The third kappa shape index (κ3) is 6.00. The first-order valence-electron chi connectivity index (χ1n) is 19.8. The van der Waals surface area contributed by atoms with E-state index >= 15 is 0 Å². The van der Waals surface area contributed by atoms with Crippen LogP contribution in [-0.2, 0) is 0 Å². The molecule has 58 heavy (non-hydrogen) atoms. The van der Waals surface area contributed by atoms with E-state index in [0.29, 0.717) is 0 Å². The monoisotopic (exact) mass is 739 g/mol. The zero-order chi connectivity index (χ0) is 38.4. The van der Waals surface area contributed by atoms with Crippen LogP contribution < -0.4 is 4.90 Å². The first kappa shape index (κ1) is 33.6. The molecule has 0 aliphatic carbocycles. The summed E-state index contributed by atoms with van der Waals surface area (Å²) in [5.41, 5.74) is 14.5. The molecule has 0 aliphatic rings. The highest BCUT2D eigenvalue weighted by Crippen LogP contribution is 2.45. The van der Waals surface area contributed by atoms with Gasteiger partial charge in [0.05, 0.1) is 11.1 Å². The van der Waals surface area contributed by atoms with Crippen molar-refractivity contribution in [3.8, 4) is 44.5 Å². The summed E-state index contributed by atoms with van der Waals surface area (Å²) < 4.78 is 6.67. The molecule has 0 bridgehead atoms. The van der Waals surface area contributed by atoms with Crippen LogP contribution in [0.4, 0.5) is 17.1 Å². The molecule has 11 rings (SSSR count). The van der Waals surface area contributed by atoms with Crippen LogP contribution in [0.2, 0.25) is 0 Å². The van der Waals surface area contributed by atoms with Crippen molar-refractivity contribution in [2.45, 2.75) is 0 Å². The van der Waals surface area contributed by atoms with Crippen molar-refractivity contribution in [3.05, 3.63) is 224 Å². The lowest BCUT2D eigenvalue weighted by Crippen LogP contribution is -2.10. The number of furan rings is 1. The van der Waals surface area contributed by atoms with Crippen LogP contribution in [0.1, 0.15) is 0 Å². The Bertz CT molecular complexity index is 3250. The standard InChI is InChI=1S/C56H37NO/c1-2-10-38(11-3-1)40-20-22-41(23-21-40)42-26-31-49(32-27-42)57(53-18-9-19-54-55(53)52-35-30-44-13-6-7-17-51(44)56(52)58-54)50-33-28-43(29-34-50)46-15-8-16-47(36-46)48-25-24-39-12-4-5-14-45(39)37-48/h1-37H. The molecular weight excluding hydrogens is 703 g/mol. The van der Waals surface area contributed by atoms with E-state index in [1.165, 1.54) is 60.7 Å². The van der Waals surface area contributed by atoms with Crippen LogP contribution in [0.15, 0.2) is 229 Å². The molecule has 0 saturated carbocycles. The maximum absolute atomic E-state index is 6.67. The summed E-state index contributed by atoms with van der Waals surface area (Å²) in [6.07, 6.45) is 0. The predicted octanol–water partition coefficient (Wildman–Crippen LogP) is 16.0. The molecule has 10 aromatic carbocycles. The van der Waals surface area contributed by atoms with Crippen LogP contribution in [0.5, 0.6) is 0 Å². The quantitative estimate of drug-likeness (QED) is 0.162. The molecule has 0 aliphatic heterocycles. The average Bonchev–Trinajstić information content (AvgIpc) is 3.70. The normalized spacial score (nSPS) is 11.4. The first-order chi connectivity index (χ1) is 28.7. The van der Waals surface area contributed by atoms with Crippen molar-refractivity contribution >= 4 is 60.5 Å². The van der Waals surface area contributed by atoms with Gasteiger partial charge in [-0.25, -0.2) is 0 Å². The number of anilines is 3. The Labute approximate surface area is 337 Å². The number of hydrogen-bond donors (Lipinski definition) is 0. The number of rotatable bonds is 7. The topological polar surface area (TPSA) is 16.4 Å². The van der Waals surface area contributed by atoms with Crippen LogP contribution >= 0.6 is 0 Å². The fourth-order valence-corrected chi connectivity index (χ4v) is 8.49. The number of benzene rings is 10. The lowest BCUT2D eigenvalue weighted by atomic mass is 9.97. The largest absolute Gasteiger partial charge is 0.455 e. The van der Waals surface area contributed by atoms with Gasteiger partial charge in [0.25, 0.3) is 0 Å². The van der Waals surface area contributed by atoms with Gasteiger partial charge in [-0.1, -0.05) is 170 Å². The maximum Gasteiger partial charge on any atom is 0.143 e. The molecule has 0 amide bonds. The molecular formula is C56H37NO. The van der Waals surface area contributed by atoms with E-state index in [-0.39, 0.29) is 0 Å². The lowest BCUT2D eigenvalue weighted by Gasteiger charge is -2.26. The maximum atomic E-state index is 6.67. The molecule has 11 aromatic rings. The second-order valence-corrected chi connectivity index (χ2v) is 14.9. The predicted molar refractivity (Wildman–Crippen MR) is 245 cm³/mol. The van der Waals surface area contributed by atoms with E-state index in [4.69, 9.17) is 4.42 Å². The van der Waals surface area contributed by atoms with E-state index in [2.05, 4.69) is 229 Å². The van der Waals surface area contributed by atoms with Crippen molar-refractivity contribution in [2.75, 3.05) is 4.90 Å². The third-order valence-electron chi connectivity index (χ3n) is 11.5. The van der Waals surface area contributed by atoms with Crippen molar-refractivity contribution in [2.24, 2.45) is 0 Å². The van der Waals surface area contributed by atoms with Gasteiger partial charge in [-0.3, -0.25) is 0 Å². The Hall–Kier alpha value is -7.68. The molecule has 0 unspecified atom stereocenters. The molecule has 0 saturated heterocycles. The Morgan fingerprint density at radius 1 is 0.293 bits per heavy atom. The van der Waals surface area contributed by atoms with Gasteiger partial charge in [-0.2, -0.15) is 0 Å². The van der Waals surface area contributed by atoms with Crippen molar-refractivity contribution in [1.29, 1.82) is 0 Å². The number of hydrogen-bond acceptors (Lipinski definition) is 2. The molecule has 1 aromatic heterocycles. The highest BCUT2D eigenvalue weighted by molar-refractivity contribution is 6.19. The van der Waals surface area contributed by atoms with Gasteiger partial charge in [0.2, 0.25) is 0 Å². The van der Waals surface area contributed by atoms with Crippen molar-refractivity contribution in [1.82, 2.24) is 0 Å². The minimum atomic E-state index is 0.867. The highest BCUT2D eigenvalue weighted by Gasteiger charge is 2.20. The van der Waals surface area contributed by atoms with Crippen molar-refractivity contribution < 1.29 is 4.42 Å². The summed E-state index contributed by atoms with van der Waals surface area (Å²) in [6, 6.07) is 80.6. The second kappa shape index (κ2) is 14.1. The molecule has 2 heteroatoms. The molecule has 0 atom stereocenters. The summed E-state index contributed by atoms with van der Waals surface area (Å²) >= 11 is 0. The van der Waals surface area contributed by atoms with Gasteiger partial charge < -0.3 is 9.32 Å². The third-order valence-corrected chi connectivity index (χ3v) is 11.5. The Morgan fingerprint density at radius 3 is 1.48 bits per heavy atom. The van der Waals surface area contributed by atoms with Gasteiger partial charge in [-0.05, 0) is 115 Å². The van der Waals surface area contributed by atoms with Crippen LogP contribution in [0.3, 0.4) is 0 Å². The summed E-state index contributed by atoms with van der Waals surface area (Å²) in [5.74, 6) is 0. The Balaban J connectivity index is 1.00. The van der Waals surface area contributed by atoms with Crippen LogP contribution in [0, 0.1) is 0 Å². The van der Waals surface area contributed by atoms with Gasteiger partial charge >= 0.3 is 0 Å². The zero-order valence-corrected chi connectivity index (χ0v) is 31.7. The van der Waals surface area contributed by atoms with Crippen LogP contribution in [0.25, 0.3) is 88.0 Å². The molecule has 1 heterocycles. The van der Waals surface area contributed by atoms with Crippen molar-refractivity contribution in [3.63, 3.8) is 0 Å². The highest BCUT2D eigenvalue weighted by atomic mass is 16.3. The molecule has 272 valence electrons. The average molecular weight is 740 g/mol. The minimum Gasteiger partial charge on any atom is -0.455 e. The summed E-state index contributed by atoms with van der Waals surface area (Å²) in [5, 5.41) is 6.98. The van der Waals surface area contributed by atoms with Gasteiger partial charge in [-0.15, -0.1) is 0 Å². The van der Waals surface area contributed by atoms with Gasteiger partial charge in [0.1, 0.15) is 11.2 Å². The van der Waals surface area contributed by atoms with E-state index < -0.39 is 0 Å². The summed E-state index contributed by atoms with van der Waals surface area (Å²) in [6.45, 7) is 0. The number of nitrogens with zero attached hydrogens (tertiary/aromatic N) is 1. The fourth-order valence-electron chi connectivity index (χ4n) is 8.49. The molecule has 0 spiro atoms. The number of fused-ring (bicyclic) bond motifs is 6. The smallest absolute Gasteiger partial charge is 0.143 e. The SMILES string of the molecule is c1ccc(-c2ccc(-c3ccc(N(c4ccc(-c5cccc(-c6ccc7ccccc7c6)c5)cc4)c4cccc5oc6c7ccccc7ccc6c45)cc3)cc2)cc1. The van der Waals surface area contributed by atoms with E-state index in [9.17, 15) is 0 Å². The molecule has 2 nitrogen and oxygen atoms in total. The van der Waals surface area contributed by atoms with Gasteiger partial charge in [0, 0.05) is 22.1 Å². The van der Waals surface area contributed by atoms with E-state index in [1.54, 1.807) is 0 Å². The zero-order valence-electron chi connectivity index (χ0n) is 31.7. The second-order valence-electron chi connectivity index (χ2n) is 14.9. The summed E-state index contributed by atoms with van der Waals surface area (Å²) in [7, 11) is 0.